The normalized spacial score (nSPS) is 11.8. The van der Waals surface area contributed by atoms with Crippen LogP contribution in [0.15, 0.2) is 16.3 Å². The fraction of sp³-hybridized carbons (Fsp3) is 0.429. The van der Waals surface area contributed by atoms with Crippen molar-refractivity contribution in [2.75, 3.05) is 0 Å². The van der Waals surface area contributed by atoms with Crippen LogP contribution in [0.25, 0.3) is 0 Å². The van der Waals surface area contributed by atoms with E-state index in [-0.39, 0.29) is 4.21 Å². The van der Waals surface area contributed by atoms with Crippen molar-refractivity contribution >= 4 is 21.5 Å². The molecule has 12 heavy (non-hydrogen) atoms. The molecule has 0 amide bonds. The molecular weight excluding hydrogens is 196 g/mol. The SMILES string of the molecule is CCCc1ccc(S(=O)(=O)O)s1. The molecule has 68 valence electrons. The lowest BCUT2D eigenvalue weighted by atomic mass is 10.3. The van der Waals surface area contributed by atoms with Gasteiger partial charge in [-0.05, 0) is 18.6 Å². The van der Waals surface area contributed by atoms with Crippen molar-refractivity contribution in [1.29, 1.82) is 0 Å². The molecule has 0 saturated heterocycles. The van der Waals surface area contributed by atoms with E-state index in [1.807, 2.05) is 6.92 Å². The Morgan fingerprint density at radius 3 is 2.58 bits per heavy atom. The second-order valence-corrected chi connectivity index (χ2v) is 5.26. The largest absolute Gasteiger partial charge is 0.304 e. The predicted molar refractivity (Wildman–Crippen MR) is 48.1 cm³/mol. The lowest BCUT2D eigenvalue weighted by molar-refractivity contribution is 0.485. The van der Waals surface area contributed by atoms with Crippen molar-refractivity contribution in [2.45, 2.75) is 24.0 Å². The molecule has 0 atom stereocenters. The minimum atomic E-state index is -3.98. The van der Waals surface area contributed by atoms with E-state index in [0.717, 1.165) is 29.1 Å². The standard InChI is InChI=1S/C7H10O3S2/c1-2-3-6-4-5-7(11-6)12(8,9)10/h4-5H,2-3H2,1H3,(H,8,9,10). The van der Waals surface area contributed by atoms with Crippen LogP contribution in [0.3, 0.4) is 0 Å². The minimum Gasteiger partial charge on any atom is -0.281 e. The smallest absolute Gasteiger partial charge is 0.281 e. The molecule has 0 bridgehead atoms. The zero-order valence-electron chi connectivity index (χ0n) is 6.65. The molecule has 1 rings (SSSR count). The molecule has 1 heterocycles. The summed E-state index contributed by atoms with van der Waals surface area (Å²) < 4.78 is 29.9. The van der Waals surface area contributed by atoms with Crippen molar-refractivity contribution in [2.24, 2.45) is 0 Å². The van der Waals surface area contributed by atoms with Gasteiger partial charge >= 0.3 is 10.1 Å². The van der Waals surface area contributed by atoms with Crippen LogP contribution in [0, 0.1) is 0 Å². The first-order chi connectivity index (χ1) is 5.54. The maximum atomic E-state index is 10.6. The van der Waals surface area contributed by atoms with E-state index in [0.29, 0.717) is 0 Å². The molecule has 1 N–H and O–H groups in total. The number of rotatable bonds is 3. The number of thiophene rings is 1. The van der Waals surface area contributed by atoms with Crippen molar-refractivity contribution in [1.82, 2.24) is 0 Å². The number of aryl methyl sites for hydroxylation is 1. The molecule has 0 fully saturated rings. The van der Waals surface area contributed by atoms with E-state index < -0.39 is 10.1 Å². The summed E-state index contributed by atoms with van der Waals surface area (Å²) in [4.78, 5) is 0.991. The second-order valence-electron chi connectivity index (χ2n) is 2.45. The van der Waals surface area contributed by atoms with Crippen LogP contribution in [0.2, 0.25) is 0 Å². The molecule has 0 aliphatic heterocycles. The highest BCUT2D eigenvalue weighted by atomic mass is 32.3. The monoisotopic (exact) mass is 206 g/mol. The van der Waals surface area contributed by atoms with Crippen LogP contribution in [-0.4, -0.2) is 13.0 Å². The zero-order valence-corrected chi connectivity index (χ0v) is 8.28. The third-order valence-electron chi connectivity index (χ3n) is 1.39. The highest BCUT2D eigenvalue weighted by molar-refractivity contribution is 7.88. The highest BCUT2D eigenvalue weighted by Crippen LogP contribution is 2.21. The molecule has 0 aliphatic rings. The Hall–Kier alpha value is -0.390. The summed E-state index contributed by atoms with van der Waals surface area (Å²) in [6.07, 6.45) is 1.84. The average molecular weight is 206 g/mol. The fourth-order valence-corrected chi connectivity index (χ4v) is 2.70. The van der Waals surface area contributed by atoms with E-state index in [2.05, 4.69) is 0 Å². The minimum absolute atomic E-state index is 0.0333. The van der Waals surface area contributed by atoms with E-state index >= 15 is 0 Å². The number of hydrogen-bond acceptors (Lipinski definition) is 3. The summed E-state index contributed by atoms with van der Waals surface area (Å²) in [5.74, 6) is 0. The summed E-state index contributed by atoms with van der Waals surface area (Å²) >= 11 is 1.13. The maximum absolute atomic E-state index is 10.6. The molecular formula is C7H10O3S2. The van der Waals surface area contributed by atoms with Crippen LogP contribution in [-0.2, 0) is 16.5 Å². The van der Waals surface area contributed by atoms with Gasteiger partial charge in [-0.2, -0.15) is 8.42 Å². The lowest BCUT2D eigenvalue weighted by Gasteiger charge is -1.89. The average Bonchev–Trinajstić information content (AvgIpc) is 2.35. The summed E-state index contributed by atoms with van der Waals surface area (Å²) in [5, 5.41) is 0. The van der Waals surface area contributed by atoms with Crippen molar-refractivity contribution in [3.05, 3.63) is 17.0 Å². The highest BCUT2D eigenvalue weighted by Gasteiger charge is 2.11. The van der Waals surface area contributed by atoms with E-state index in [1.165, 1.54) is 6.07 Å². The van der Waals surface area contributed by atoms with Crippen LogP contribution < -0.4 is 0 Å². The van der Waals surface area contributed by atoms with Crippen molar-refractivity contribution in [3.63, 3.8) is 0 Å². The van der Waals surface area contributed by atoms with E-state index in [9.17, 15) is 8.42 Å². The maximum Gasteiger partial charge on any atom is 0.304 e. The Morgan fingerprint density at radius 2 is 2.17 bits per heavy atom. The van der Waals surface area contributed by atoms with Crippen LogP contribution in [0.4, 0.5) is 0 Å². The van der Waals surface area contributed by atoms with Gasteiger partial charge in [0.25, 0.3) is 0 Å². The van der Waals surface area contributed by atoms with Gasteiger partial charge in [-0.25, -0.2) is 0 Å². The van der Waals surface area contributed by atoms with E-state index in [1.54, 1.807) is 6.07 Å². The summed E-state index contributed by atoms with van der Waals surface area (Å²) in [6, 6.07) is 3.17. The molecule has 0 radical (unpaired) electrons. The quantitative estimate of drug-likeness (QED) is 0.769. The summed E-state index contributed by atoms with van der Waals surface area (Å²) in [6.45, 7) is 2.02. The third-order valence-corrected chi connectivity index (χ3v) is 3.85. The van der Waals surface area contributed by atoms with E-state index in [4.69, 9.17) is 4.55 Å². The zero-order chi connectivity index (χ0) is 9.19. The second kappa shape index (κ2) is 3.55. The topological polar surface area (TPSA) is 54.4 Å². The molecule has 0 unspecified atom stereocenters. The molecule has 1 aromatic rings. The fourth-order valence-electron chi connectivity index (χ4n) is 0.878. The van der Waals surface area contributed by atoms with Gasteiger partial charge < -0.3 is 0 Å². The van der Waals surface area contributed by atoms with Crippen molar-refractivity contribution in [3.8, 4) is 0 Å². The van der Waals surface area contributed by atoms with Gasteiger partial charge in [-0.3, -0.25) is 4.55 Å². The van der Waals surface area contributed by atoms with Crippen molar-refractivity contribution < 1.29 is 13.0 Å². The van der Waals surface area contributed by atoms with Gasteiger partial charge in [0, 0.05) is 4.88 Å². The molecule has 3 nitrogen and oxygen atoms in total. The van der Waals surface area contributed by atoms with Crippen LogP contribution >= 0.6 is 11.3 Å². The Morgan fingerprint density at radius 1 is 1.50 bits per heavy atom. The molecule has 5 heteroatoms. The van der Waals surface area contributed by atoms with Gasteiger partial charge in [0.05, 0.1) is 0 Å². The molecule has 0 aromatic carbocycles. The Bertz CT molecular complexity index is 350. The first kappa shape index (κ1) is 9.70. The van der Waals surface area contributed by atoms with Crippen LogP contribution in [0.1, 0.15) is 18.2 Å². The van der Waals surface area contributed by atoms with Gasteiger partial charge in [0.15, 0.2) is 0 Å². The molecule has 1 aromatic heterocycles. The Balaban J connectivity index is 2.92. The first-order valence-electron chi connectivity index (χ1n) is 3.60. The van der Waals surface area contributed by atoms with Gasteiger partial charge in [0.1, 0.15) is 4.21 Å². The third kappa shape index (κ3) is 2.30. The lowest BCUT2D eigenvalue weighted by Crippen LogP contribution is -1.93. The predicted octanol–water partition coefficient (Wildman–Crippen LogP) is 1.95. The van der Waals surface area contributed by atoms with Crippen LogP contribution in [0.5, 0.6) is 0 Å². The first-order valence-corrected chi connectivity index (χ1v) is 5.86. The molecule has 0 aliphatic carbocycles. The Labute approximate surface area is 75.8 Å². The summed E-state index contributed by atoms with van der Waals surface area (Å²) in [7, 11) is -3.98. The Kier molecular flexibility index (Phi) is 2.87. The summed E-state index contributed by atoms with van der Waals surface area (Å²) in [5.41, 5.74) is 0. The molecule has 0 spiro atoms. The van der Waals surface area contributed by atoms with Gasteiger partial charge in [0.2, 0.25) is 0 Å². The van der Waals surface area contributed by atoms with Gasteiger partial charge in [-0.1, -0.05) is 13.3 Å². The van der Waals surface area contributed by atoms with Gasteiger partial charge in [-0.15, -0.1) is 11.3 Å². The molecule has 0 saturated carbocycles. The number of hydrogen-bond donors (Lipinski definition) is 1.